The van der Waals surface area contributed by atoms with E-state index >= 15 is 0 Å². The number of nitrogens with one attached hydrogen (secondary N) is 1. The number of rotatable bonds is 1. The van der Waals surface area contributed by atoms with Crippen molar-refractivity contribution in [2.24, 2.45) is 0 Å². The van der Waals surface area contributed by atoms with Crippen LogP contribution >= 0.6 is 0 Å². The van der Waals surface area contributed by atoms with Crippen LogP contribution in [0.4, 0.5) is 0 Å². The molecule has 1 aromatic carbocycles. The van der Waals surface area contributed by atoms with Gasteiger partial charge in [0, 0.05) is 11.6 Å². The molecule has 0 aliphatic carbocycles. The molecular weight excluding hydrogens is 170 g/mol. The summed E-state index contributed by atoms with van der Waals surface area (Å²) in [5.41, 5.74) is 2.33. The predicted molar refractivity (Wildman–Crippen MR) is 59.0 cm³/mol. The fourth-order valence-electron chi connectivity index (χ4n) is 1.95. The maximum absolute atomic E-state index is 5.31. The minimum atomic E-state index is 0.538. The lowest BCUT2D eigenvalue weighted by molar-refractivity contribution is 0.412. The van der Waals surface area contributed by atoms with Gasteiger partial charge in [-0.05, 0) is 37.1 Å². The van der Waals surface area contributed by atoms with Crippen LogP contribution in [0.1, 0.15) is 36.4 Å². The highest BCUT2D eigenvalue weighted by Crippen LogP contribution is 2.22. The average molecular weight is 185 g/mol. The minimum Gasteiger partial charge on any atom is -0.310 e. The molecule has 1 aromatic rings. The molecule has 0 bridgehead atoms. The summed E-state index contributed by atoms with van der Waals surface area (Å²) in [6, 6.07) is 8.85. The average Bonchev–Trinajstić information content (AvgIpc) is 2.30. The molecule has 0 unspecified atom stereocenters. The van der Waals surface area contributed by atoms with E-state index in [1.54, 1.807) is 0 Å². The maximum atomic E-state index is 5.31. The topological polar surface area (TPSA) is 12.0 Å². The van der Waals surface area contributed by atoms with Gasteiger partial charge >= 0.3 is 0 Å². The van der Waals surface area contributed by atoms with Crippen LogP contribution in [0.25, 0.3) is 0 Å². The second-order valence-electron chi connectivity index (χ2n) is 3.77. The molecule has 1 fully saturated rings. The Labute approximate surface area is 85.5 Å². The van der Waals surface area contributed by atoms with E-state index in [4.69, 9.17) is 6.42 Å². The molecule has 1 N–H and O–H groups in total. The van der Waals surface area contributed by atoms with E-state index in [1.807, 2.05) is 12.1 Å². The number of benzene rings is 1. The monoisotopic (exact) mass is 185 g/mol. The molecule has 0 radical (unpaired) electrons. The van der Waals surface area contributed by atoms with Crippen molar-refractivity contribution in [1.82, 2.24) is 5.32 Å². The SMILES string of the molecule is C#Cc1ccc([C@H]2CCCCN2)cc1. The van der Waals surface area contributed by atoms with Crippen molar-refractivity contribution < 1.29 is 0 Å². The molecule has 1 atom stereocenters. The van der Waals surface area contributed by atoms with Crippen molar-refractivity contribution in [3.05, 3.63) is 35.4 Å². The lowest BCUT2D eigenvalue weighted by Gasteiger charge is -2.23. The smallest absolute Gasteiger partial charge is 0.0320 e. The Morgan fingerprint density at radius 2 is 2.00 bits per heavy atom. The van der Waals surface area contributed by atoms with Crippen LogP contribution in [0.2, 0.25) is 0 Å². The van der Waals surface area contributed by atoms with Gasteiger partial charge in [0.2, 0.25) is 0 Å². The summed E-state index contributed by atoms with van der Waals surface area (Å²) in [4.78, 5) is 0. The molecule has 1 heteroatoms. The molecule has 1 aliphatic heterocycles. The predicted octanol–water partition coefficient (Wildman–Crippen LogP) is 2.48. The quantitative estimate of drug-likeness (QED) is 0.663. The van der Waals surface area contributed by atoms with Gasteiger partial charge in [-0.3, -0.25) is 0 Å². The van der Waals surface area contributed by atoms with Gasteiger partial charge in [-0.2, -0.15) is 0 Å². The fraction of sp³-hybridized carbons (Fsp3) is 0.385. The molecule has 1 heterocycles. The van der Waals surface area contributed by atoms with E-state index in [9.17, 15) is 0 Å². The third-order valence-electron chi connectivity index (χ3n) is 2.79. The van der Waals surface area contributed by atoms with E-state index in [-0.39, 0.29) is 0 Å². The largest absolute Gasteiger partial charge is 0.310 e. The van der Waals surface area contributed by atoms with Crippen molar-refractivity contribution >= 4 is 0 Å². The summed E-state index contributed by atoms with van der Waals surface area (Å²) in [6.45, 7) is 1.14. The molecule has 1 nitrogen and oxygen atoms in total. The van der Waals surface area contributed by atoms with Gasteiger partial charge in [0.1, 0.15) is 0 Å². The minimum absolute atomic E-state index is 0.538. The summed E-state index contributed by atoms with van der Waals surface area (Å²) >= 11 is 0. The summed E-state index contributed by atoms with van der Waals surface area (Å²) < 4.78 is 0. The van der Waals surface area contributed by atoms with Gasteiger partial charge in [-0.15, -0.1) is 6.42 Å². The zero-order chi connectivity index (χ0) is 9.80. The van der Waals surface area contributed by atoms with Crippen LogP contribution in [-0.4, -0.2) is 6.54 Å². The zero-order valence-corrected chi connectivity index (χ0v) is 8.29. The molecular formula is C13H15N. The van der Waals surface area contributed by atoms with Crippen molar-refractivity contribution in [2.75, 3.05) is 6.54 Å². The lowest BCUT2D eigenvalue weighted by atomic mass is 9.97. The Morgan fingerprint density at radius 1 is 1.21 bits per heavy atom. The second-order valence-corrected chi connectivity index (χ2v) is 3.77. The third kappa shape index (κ3) is 1.97. The number of hydrogen-bond acceptors (Lipinski definition) is 1. The van der Waals surface area contributed by atoms with Crippen LogP contribution in [0.3, 0.4) is 0 Å². The first-order valence-corrected chi connectivity index (χ1v) is 5.20. The highest BCUT2D eigenvalue weighted by atomic mass is 14.9. The van der Waals surface area contributed by atoms with Crippen molar-refractivity contribution in [3.8, 4) is 12.3 Å². The molecule has 0 spiro atoms. The number of terminal acetylenes is 1. The Hall–Kier alpha value is -1.26. The normalized spacial score (nSPS) is 21.5. The molecule has 14 heavy (non-hydrogen) atoms. The van der Waals surface area contributed by atoms with E-state index < -0.39 is 0 Å². The van der Waals surface area contributed by atoms with Crippen LogP contribution < -0.4 is 5.32 Å². The summed E-state index contributed by atoms with van der Waals surface area (Å²) in [7, 11) is 0. The maximum Gasteiger partial charge on any atom is 0.0320 e. The first-order chi connectivity index (χ1) is 6.90. The Kier molecular flexibility index (Phi) is 2.86. The molecule has 72 valence electrons. The molecule has 2 rings (SSSR count). The first kappa shape index (κ1) is 9.30. The van der Waals surface area contributed by atoms with Gasteiger partial charge in [0.25, 0.3) is 0 Å². The second kappa shape index (κ2) is 4.30. The summed E-state index contributed by atoms with van der Waals surface area (Å²) in [5, 5.41) is 3.52. The molecule has 0 amide bonds. The third-order valence-corrected chi connectivity index (χ3v) is 2.79. The zero-order valence-electron chi connectivity index (χ0n) is 8.29. The lowest BCUT2D eigenvalue weighted by Crippen LogP contribution is -2.26. The highest BCUT2D eigenvalue weighted by molar-refractivity contribution is 5.35. The standard InChI is InChI=1S/C13H15N/c1-2-11-6-8-12(9-7-11)13-5-3-4-10-14-13/h1,6-9,13-14H,3-5,10H2/t13-/m1/s1. The fourth-order valence-corrected chi connectivity index (χ4v) is 1.95. The van der Waals surface area contributed by atoms with Gasteiger partial charge in [0.05, 0.1) is 0 Å². The van der Waals surface area contributed by atoms with Gasteiger partial charge in [-0.1, -0.05) is 24.5 Å². The highest BCUT2D eigenvalue weighted by Gasteiger charge is 2.13. The molecule has 1 saturated heterocycles. The molecule has 1 aliphatic rings. The molecule has 0 saturated carbocycles. The van der Waals surface area contributed by atoms with Crippen LogP contribution in [0, 0.1) is 12.3 Å². The van der Waals surface area contributed by atoms with Crippen molar-refractivity contribution in [1.29, 1.82) is 0 Å². The van der Waals surface area contributed by atoms with Crippen molar-refractivity contribution in [2.45, 2.75) is 25.3 Å². The summed E-state index contributed by atoms with van der Waals surface area (Å²) in [5.74, 6) is 2.64. The number of hydrogen-bond donors (Lipinski definition) is 1. The van der Waals surface area contributed by atoms with E-state index in [0.717, 1.165) is 12.1 Å². The van der Waals surface area contributed by atoms with E-state index in [1.165, 1.54) is 24.8 Å². The Bertz CT molecular complexity index is 325. The molecule has 0 aromatic heterocycles. The Morgan fingerprint density at radius 3 is 2.57 bits per heavy atom. The Balaban J connectivity index is 2.12. The van der Waals surface area contributed by atoms with Gasteiger partial charge in [0.15, 0.2) is 0 Å². The first-order valence-electron chi connectivity index (χ1n) is 5.20. The summed E-state index contributed by atoms with van der Waals surface area (Å²) in [6.07, 6.45) is 9.19. The van der Waals surface area contributed by atoms with Gasteiger partial charge in [-0.25, -0.2) is 0 Å². The number of piperidine rings is 1. The van der Waals surface area contributed by atoms with Crippen LogP contribution in [0.5, 0.6) is 0 Å². The van der Waals surface area contributed by atoms with E-state index in [0.29, 0.717) is 6.04 Å². The van der Waals surface area contributed by atoms with E-state index in [2.05, 4.69) is 23.4 Å². The van der Waals surface area contributed by atoms with Gasteiger partial charge < -0.3 is 5.32 Å². The van der Waals surface area contributed by atoms with Crippen LogP contribution in [0.15, 0.2) is 24.3 Å². The van der Waals surface area contributed by atoms with Crippen LogP contribution in [-0.2, 0) is 0 Å². The van der Waals surface area contributed by atoms with Crippen molar-refractivity contribution in [3.63, 3.8) is 0 Å².